The zero-order chi connectivity index (χ0) is 24.5. The maximum atomic E-state index is 12.9. The highest BCUT2D eigenvalue weighted by Crippen LogP contribution is 2.28. The second-order valence-corrected chi connectivity index (χ2v) is 8.65. The number of carbonyl (C=O) groups is 2. The van der Waals surface area contributed by atoms with Crippen LogP contribution in [0.5, 0.6) is 5.75 Å². The Morgan fingerprint density at radius 2 is 1.62 bits per heavy atom. The van der Waals surface area contributed by atoms with Gasteiger partial charge in [-0.05, 0) is 48.4 Å². The predicted octanol–water partition coefficient (Wildman–Crippen LogP) is 5.29. The van der Waals surface area contributed by atoms with Crippen molar-refractivity contribution in [2.45, 2.75) is 25.5 Å². The van der Waals surface area contributed by atoms with Crippen molar-refractivity contribution in [3.63, 3.8) is 0 Å². The van der Waals surface area contributed by atoms with E-state index in [1.165, 1.54) is 12.3 Å². The van der Waals surface area contributed by atoms with Gasteiger partial charge in [-0.3, -0.25) is 9.59 Å². The van der Waals surface area contributed by atoms with E-state index >= 15 is 0 Å². The summed E-state index contributed by atoms with van der Waals surface area (Å²) >= 11 is 17.9. The number of nitrogens with zero attached hydrogens (tertiary/aromatic N) is 1. The van der Waals surface area contributed by atoms with Gasteiger partial charge in [0.15, 0.2) is 6.10 Å². The molecule has 0 fully saturated rings. The van der Waals surface area contributed by atoms with E-state index in [1.54, 1.807) is 43.3 Å². The van der Waals surface area contributed by atoms with E-state index in [9.17, 15) is 9.59 Å². The monoisotopic (exact) mass is 517 g/mol. The highest BCUT2D eigenvalue weighted by atomic mass is 35.5. The number of halogens is 3. The Labute approximate surface area is 212 Å². The Morgan fingerprint density at radius 3 is 2.29 bits per heavy atom. The Morgan fingerprint density at radius 1 is 0.941 bits per heavy atom. The molecular formula is C25H22Cl3N3O3. The van der Waals surface area contributed by atoms with E-state index in [1.807, 2.05) is 30.3 Å². The molecule has 6 nitrogen and oxygen atoms in total. The number of hydrogen-bond acceptors (Lipinski definition) is 4. The van der Waals surface area contributed by atoms with Crippen LogP contribution in [0.4, 0.5) is 0 Å². The van der Waals surface area contributed by atoms with E-state index in [-0.39, 0.29) is 11.4 Å². The summed E-state index contributed by atoms with van der Waals surface area (Å²) in [5, 5.41) is 8.06. The van der Waals surface area contributed by atoms with Crippen molar-refractivity contribution in [2.75, 3.05) is 0 Å². The normalized spacial score (nSPS) is 12.7. The van der Waals surface area contributed by atoms with Gasteiger partial charge in [-0.15, -0.1) is 0 Å². The minimum absolute atomic E-state index is 0.267. The molecule has 2 N–H and O–H groups in total. The molecule has 0 aliphatic carbocycles. The average Bonchev–Trinajstić information content (AvgIpc) is 2.82. The second-order valence-electron chi connectivity index (χ2n) is 7.37. The lowest BCUT2D eigenvalue weighted by Gasteiger charge is -2.21. The van der Waals surface area contributed by atoms with Gasteiger partial charge in [-0.25, -0.2) is 5.43 Å². The maximum absolute atomic E-state index is 12.9. The van der Waals surface area contributed by atoms with E-state index in [4.69, 9.17) is 39.5 Å². The van der Waals surface area contributed by atoms with Crippen LogP contribution in [0.1, 0.15) is 18.1 Å². The molecule has 0 saturated carbocycles. The predicted molar refractivity (Wildman–Crippen MR) is 136 cm³/mol. The van der Waals surface area contributed by atoms with Crippen LogP contribution >= 0.6 is 34.8 Å². The lowest BCUT2D eigenvalue weighted by atomic mass is 10.1. The average molecular weight is 519 g/mol. The molecule has 0 aromatic heterocycles. The third kappa shape index (κ3) is 7.76. The van der Waals surface area contributed by atoms with E-state index in [0.29, 0.717) is 15.8 Å². The number of benzene rings is 3. The molecule has 0 radical (unpaired) electrons. The summed E-state index contributed by atoms with van der Waals surface area (Å²) < 4.78 is 5.67. The first-order chi connectivity index (χ1) is 16.3. The smallest absolute Gasteiger partial charge is 0.262 e. The second kappa shape index (κ2) is 12.4. The van der Waals surface area contributed by atoms with Gasteiger partial charge in [0.1, 0.15) is 11.8 Å². The van der Waals surface area contributed by atoms with Crippen LogP contribution in [0.2, 0.25) is 15.1 Å². The third-order valence-corrected chi connectivity index (χ3v) is 5.52. The summed E-state index contributed by atoms with van der Waals surface area (Å²) in [7, 11) is 0. The third-order valence-electron chi connectivity index (χ3n) is 4.74. The Balaban J connectivity index is 1.68. The molecule has 3 aromatic carbocycles. The van der Waals surface area contributed by atoms with Gasteiger partial charge in [0.25, 0.3) is 11.8 Å². The van der Waals surface area contributed by atoms with Crippen LogP contribution in [-0.2, 0) is 16.0 Å². The lowest BCUT2D eigenvalue weighted by Crippen LogP contribution is -2.50. The zero-order valence-electron chi connectivity index (χ0n) is 18.2. The molecule has 9 heteroatoms. The van der Waals surface area contributed by atoms with Gasteiger partial charge in [0, 0.05) is 16.5 Å². The van der Waals surface area contributed by atoms with Crippen molar-refractivity contribution in [3.8, 4) is 5.75 Å². The molecule has 0 spiro atoms. The molecule has 0 bridgehead atoms. The number of hydrogen-bond donors (Lipinski definition) is 2. The fourth-order valence-corrected chi connectivity index (χ4v) is 3.54. The standard InChI is InChI=1S/C25H22Cl3N3O3/c1-16(34-23-12-11-20(27)14-21(23)28)24(32)30-22(13-17-5-3-2-4-6-17)25(33)31-29-15-18-7-9-19(26)10-8-18/h2-12,14-16,22H,13H2,1H3,(H,30,32)(H,31,33)/b29-15-/t16-,22+/m0/s1. The number of rotatable bonds is 9. The zero-order valence-corrected chi connectivity index (χ0v) is 20.4. The summed E-state index contributed by atoms with van der Waals surface area (Å²) in [6, 6.07) is 20.1. The number of nitrogens with one attached hydrogen (secondary N) is 2. The van der Waals surface area contributed by atoms with Crippen LogP contribution in [-0.4, -0.2) is 30.2 Å². The maximum Gasteiger partial charge on any atom is 0.262 e. The van der Waals surface area contributed by atoms with Crippen molar-refractivity contribution in [3.05, 3.63) is 99.0 Å². The van der Waals surface area contributed by atoms with E-state index in [2.05, 4.69) is 15.8 Å². The first-order valence-electron chi connectivity index (χ1n) is 10.4. The topological polar surface area (TPSA) is 79.8 Å². The summed E-state index contributed by atoms with van der Waals surface area (Å²) in [5.41, 5.74) is 4.12. The minimum atomic E-state index is -0.915. The van der Waals surface area contributed by atoms with E-state index in [0.717, 1.165) is 11.1 Å². The molecular weight excluding hydrogens is 497 g/mol. The van der Waals surface area contributed by atoms with Crippen molar-refractivity contribution in [1.29, 1.82) is 0 Å². The van der Waals surface area contributed by atoms with Crippen molar-refractivity contribution >= 4 is 52.8 Å². The van der Waals surface area contributed by atoms with Gasteiger partial charge >= 0.3 is 0 Å². The van der Waals surface area contributed by atoms with E-state index < -0.39 is 24.0 Å². The molecule has 3 rings (SSSR count). The minimum Gasteiger partial charge on any atom is -0.479 e. The SMILES string of the molecule is C[C@H](Oc1ccc(Cl)cc1Cl)C(=O)N[C@H](Cc1ccccc1)C(=O)N/N=C\c1ccc(Cl)cc1. The van der Waals surface area contributed by atoms with Crippen LogP contribution in [0.3, 0.4) is 0 Å². The van der Waals surface area contributed by atoms with Gasteiger partial charge in [0.05, 0.1) is 11.2 Å². The Bertz CT molecular complexity index is 1160. The summed E-state index contributed by atoms with van der Waals surface area (Å²) in [4.78, 5) is 25.7. The molecule has 0 aliphatic rings. The lowest BCUT2D eigenvalue weighted by molar-refractivity contribution is -0.132. The molecule has 0 unspecified atom stereocenters. The molecule has 3 aromatic rings. The first-order valence-corrected chi connectivity index (χ1v) is 11.5. The molecule has 2 atom stereocenters. The Hall–Kier alpha value is -3.06. The summed E-state index contributed by atoms with van der Waals surface area (Å²) in [5.74, 6) is -0.645. The first kappa shape index (κ1) is 25.6. The van der Waals surface area contributed by atoms with Crippen LogP contribution in [0, 0.1) is 0 Å². The molecule has 0 aliphatic heterocycles. The molecule has 0 saturated heterocycles. The number of hydrazone groups is 1. The van der Waals surface area contributed by atoms with Gasteiger partial charge in [-0.1, -0.05) is 77.3 Å². The molecule has 0 heterocycles. The summed E-state index contributed by atoms with van der Waals surface area (Å²) in [6.07, 6.45) is 0.843. The van der Waals surface area contributed by atoms with Crippen molar-refractivity contribution in [2.24, 2.45) is 5.10 Å². The highest BCUT2D eigenvalue weighted by molar-refractivity contribution is 6.35. The Kier molecular flexibility index (Phi) is 9.33. The van der Waals surface area contributed by atoms with Gasteiger partial charge < -0.3 is 10.1 Å². The summed E-state index contributed by atoms with van der Waals surface area (Å²) in [6.45, 7) is 1.57. The van der Waals surface area contributed by atoms with Gasteiger partial charge in [0.2, 0.25) is 0 Å². The fourth-order valence-electron chi connectivity index (χ4n) is 2.96. The molecule has 176 valence electrons. The molecule has 34 heavy (non-hydrogen) atoms. The quantitative estimate of drug-likeness (QED) is 0.298. The van der Waals surface area contributed by atoms with Crippen molar-refractivity contribution < 1.29 is 14.3 Å². The number of carbonyl (C=O) groups excluding carboxylic acids is 2. The van der Waals surface area contributed by atoms with Crippen LogP contribution in [0.25, 0.3) is 0 Å². The van der Waals surface area contributed by atoms with Crippen molar-refractivity contribution in [1.82, 2.24) is 10.7 Å². The molecule has 2 amide bonds. The highest BCUT2D eigenvalue weighted by Gasteiger charge is 2.25. The number of amides is 2. The van der Waals surface area contributed by atoms with Gasteiger partial charge in [-0.2, -0.15) is 5.10 Å². The largest absolute Gasteiger partial charge is 0.479 e. The fraction of sp³-hybridized carbons (Fsp3) is 0.160. The van der Waals surface area contributed by atoms with Crippen LogP contribution in [0.15, 0.2) is 77.9 Å². The number of ether oxygens (including phenoxy) is 1. The van der Waals surface area contributed by atoms with Crippen LogP contribution < -0.4 is 15.5 Å².